The maximum Gasteiger partial charge on any atom is 0.230 e. The monoisotopic (exact) mass is 226 g/mol. The first-order valence-electron chi connectivity index (χ1n) is 5.38. The quantitative estimate of drug-likeness (QED) is 0.686. The highest BCUT2D eigenvalue weighted by atomic mass is 16.2. The SMILES string of the molecule is CNC(=O)C1(C)CCN(C(=O)CC(C)=O)C1. The average molecular weight is 226 g/mol. The van der Waals surface area contributed by atoms with Crippen molar-refractivity contribution < 1.29 is 14.4 Å². The van der Waals surface area contributed by atoms with E-state index >= 15 is 0 Å². The summed E-state index contributed by atoms with van der Waals surface area (Å²) < 4.78 is 0. The molecule has 0 radical (unpaired) electrons. The number of nitrogens with one attached hydrogen (secondary N) is 1. The molecule has 1 fully saturated rings. The van der Waals surface area contributed by atoms with Gasteiger partial charge in [0.15, 0.2) is 0 Å². The molecule has 0 aromatic carbocycles. The molecule has 90 valence electrons. The van der Waals surface area contributed by atoms with Gasteiger partial charge in [-0.25, -0.2) is 0 Å². The highest BCUT2D eigenvalue weighted by molar-refractivity contribution is 5.97. The lowest BCUT2D eigenvalue weighted by Crippen LogP contribution is -2.40. The van der Waals surface area contributed by atoms with Crippen molar-refractivity contribution in [2.45, 2.75) is 26.7 Å². The van der Waals surface area contributed by atoms with Crippen LogP contribution < -0.4 is 5.32 Å². The molecule has 1 aliphatic heterocycles. The fourth-order valence-corrected chi connectivity index (χ4v) is 1.99. The van der Waals surface area contributed by atoms with E-state index < -0.39 is 5.41 Å². The second-order valence-corrected chi connectivity index (χ2v) is 4.58. The molecule has 0 bridgehead atoms. The van der Waals surface area contributed by atoms with E-state index in [9.17, 15) is 14.4 Å². The van der Waals surface area contributed by atoms with E-state index in [2.05, 4.69) is 5.32 Å². The Balaban J connectivity index is 2.61. The summed E-state index contributed by atoms with van der Waals surface area (Å²) in [7, 11) is 1.59. The van der Waals surface area contributed by atoms with Gasteiger partial charge in [0.1, 0.15) is 5.78 Å². The van der Waals surface area contributed by atoms with Crippen LogP contribution in [0.2, 0.25) is 0 Å². The third-order valence-electron chi connectivity index (χ3n) is 3.00. The lowest BCUT2D eigenvalue weighted by Gasteiger charge is -2.22. The number of hydrogen-bond acceptors (Lipinski definition) is 3. The number of likely N-dealkylation sites (tertiary alicyclic amines) is 1. The van der Waals surface area contributed by atoms with E-state index in [-0.39, 0.29) is 24.0 Å². The molecule has 16 heavy (non-hydrogen) atoms. The maximum absolute atomic E-state index is 11.6. The predicted octanol–water partition coefficient (Wildman–Crippen LogP) is -0.0499. The van der Waals surface area contributed by atoms with Gasteiger partial charge in [-0.05, 0) is 20.3 Å². The minimum atomic E-state index is -0.513. The van der Waals surface area contributed by atoms with Crippen molar-refractivity contribution in [3.63, 3.8) is 0 Å². The lowest BCUT2D eigenvalue weighted by molar-refractivity contribution is -0.134. The molecule has 0 aromatic heterocycles. The van der Waals surface area contributed by atoms with Crippen LogP contribution in [-0.4, -0.2) is 42.6 Å². The Morgan fingerprint density at radius 2 is 2.00 bits per heavy atom. The summed E-state index contributed by atoms with van der Waals surface area (Å²) in [4.78, 5) is 35.7. The van der Waals surface area contributed by atoms with Gasteiger partial charge < -0.3 is 10.2 Å². The van der Waals surface area contributed by atoms with E-state index in [1.54, 1.807) is 11.9 Å². The first-order chi connectivity index (χ1) is 7.39. The second-order valence-electron chi connectivity index (χ2n) is 4.58. The molecule has 2 amide bonds. The molecule has 1 unspecified atom stereocenters. The number of ketones is 1. The van der Waals surface area contributed by atoms with Crippen molar-refractivity contribution in [1.82, 2.24) is 10.2 Å². The van der Waals surface area contributed by atoms with Gasteiger partial charge in [0.2, 0.25) is 11.8 Å². The number of nitrogens with zero attached hydrogens (tertiary/aromatic N) is 1. The Labute approximate surface area is 95.2 Å². The molecule has 1 aliphatic rings. The van der Waals surface area contributed by atoms with Gasteiger partial charge >= 0.3 is 0 Å². The van der Waals surface area contributed by atoms with E-state index in [4.69, 9.17) is 0 Å². The first kappa shape index (κ1) is 12.7. The number of amides is 2. The summed E-state index contributed by atoms with van der Waals surface area (Å²) in [5, 5.41) is 2.60. The molecule has 0 saturated carbocycles. The van der Waals surface area contributed by atoms with Gasteiger partial charge in [-0.1, -0.05) is 0 Å². The zero-order valence-electron chi connectivity index (χ0n) is 10.0. The molecule has 5 nitrogen and oxygen atoms in total. The second kappa shape index (κ2) is 4.63. The van der Waals surface area contributed by atoms with Crippen molar-refractivity contribution in [2.24, 2.45) is 5.41 Å². The normalized spacial score (nSPS) is 24.3. The minimum absolute atomic E-state index is 0.0503. The first-order valence-corrected chi connectivity index (χ1v) is 5.38. The van der Waals surface area contributed by atoms with Gasteiger partial charge in [-0.3, -0.25) is 14.4 Å². The molecule has 1 N–H and O–H groups in total. The van der Waals surface area contributed by atoms with Crippen LogP contribution in [0.3, 0.4) is 0 Å². The zero-order valence-corrected chi connectivity index (χ0v) is 10.0. The molecular formula is C11H18N2O3. The van der Waals surface area contributed by atoms with Crippen molar-refractivity contribution in [3.05, 3.63) is 0 Å². The summed E-state index contributed by atoms with van der Waals surface area (Å²) in [5.41, 5.74) is -0.513. The predicted molar refractivity (Wildman–Crippen MR) is 58.7 cm³/mol. The van der Waals surface area contributed by atoms with Crippen LogP contribution in [0.15, 0.2) is 0 Å². The third-order valence-corrected chi connectivity index (χ3v) is 3.00. The molecule has 1 heterocycles. The van der Waals surface area contributed by atoms with Gasteiger partial charge in [-0.2, -0.15) is 0 Å². The molecule has 5 heteroatoms. The van der Waals surface area contributed by atoms with E-state index in [1.807, 2.05) is 6.92 Å². The van der Waals surface area contributed by atoms with Gasteiger partial charge in [-0.15, -0.1) is 0 Å². The Kier molecular flexibility index (Phi) is 3.67. The van der Waals surface area contributed by atoms with Crippen LogP contribution in [0.4, 0.5) is 0 Å². The fourth-order valence-electron chi connectivity index (χ4n) is 1.99. The summed E-state index contributed by atoms with van der Waals surface area (Å²) in [6.45, 7) is 4.19. The number of rotatable bonds is 3. The largest absolute Gasteiger partial charge is 0.359 e. The summed E-state index contributed by atoms with van der Waals surface area (Å²) in [6, 6.07) is 0. The summed E-state index contributed by atoms with van der Waals surface area (Å²) in [5.74, 6) is -0.371. The van der Waals surface area contributed by atoms with Crippen LogP contribution in [0.1, 0.15) is 26.7 Å². The van der Waals surface area contributed by atoms with Crippen molar-refractivity contribution in [2.75, 3.05) is 20.1 Å². The smallest absolute Gasteiger partial charge is 0.230 e. The van der Waals surface area contributed by atoms with Crippen molar-refractivity contribution in [1.29, 1.82) is 0 Å². The van der Waals surface area contributed by atoms with Crippen LogP contribution in [0.5, 0.6) is 0 Å². The molecule has 0 spiro atoms. The lowest BCUT2D eigenvalue weighted by atomic mass is 9.89. The molecular weight excluding hydrogens is 208 g/mol. The molecule has 0 aliphatic carbocycles. The van der Waals surface area contributed by atoms with Crippen LogP contribution in [0.25, 0.3) is 0 Å². The Morgan fingerprint density at radius 1 is 1.38 bits per heavy atom. The van der Waals surface area contributed by atoms with E-state index in [1.165, 1.54) is 6.92 Å². The molecule has 0 aromatic rings. The number of hydrogen-bond donors (Lipinski definition) is 1. The minimum Gasteiger partial charge on any atom is -0.359 e. The molecule has 1 saturated heterocycles. The maximum atomic E-state index is 11.6. The van der Waals surface area contributed by atoms with Crippen LogP contribution in [-0.2, 0) is 14.4 Å². The van der Waals surface area contributed by atoms with Crippen LogP contribution >= 0.6 is 0 Å². The number of carbonyl (C=O) groups excluding carboxylic acids is 3. The Bertz CT molecular complexity index is 327. The van der Waals surface area contributed by atoms with E-state index in [0.29, 0.717) is 19.5 Å². The van der Waals surface area contributed by atoms with Gasteiger partial charge in [0.05, 0.1) is 11.8 Å². The third kappa shape index (κ3) is 2.59. The van der Waals surface area contributed by atoms with Gasteiger partial charge in [0.25, 0.3) is 0 Å². The fraction of sp³-hybridized carbons (Fsp3) is 0.727. The number of Topliss-reactive ketones (excluding diaryl/α,β-unsaturated/α-hetero) is 1. The topological polar surface area (TPSA) is 66.5 Å². The zero-order chi connectivity index (χ0) is 12.3. The Hall–Kier alpha value is -1.39. The Morgan fingerprint density at radius 3 is 2.50 bits per heavy atom. The highest BCUT2D eigenvalue weighted by Crippen LogP contribution is 2.30. The summed E-state index contributed by atoms with van der Waals surface area (Å²) >= 11 is 0. The van der Waals surface area contributed by atoms with Crippen LogP contribution in [0, 0.1) is 5.41 Å². The van der Waals surface area contributed by atoms with E-state index in [0.717, 1.165) is 0 Å². The highest BCUT2D eigenvalue weighted by Gasteiger charge is 2.41. The van der Waals surface area contributed by atoms with Crippen molar-refractivity contribution in [3.8, 4) is 0 Å². The summed E-state index contributed by atoms with van der Waals surface area (Å²) in [6.07, 6.45) is 0.583. The average Bonchev–Trinajstić information content (AvgIpc) is 2.60. The number of carbonyl (C=O) groups is 3. The molecule has 1 atom stereocenters. The molecule has 1 rings (SSSR count). The van der Waals surface area contributed by atoms with Gasteiger partial charge in [0, 0.05) is 20.1 Å². The standard InChI is InChI=1S/C11H18N2O3/c1-8(14)6-9(15)13-5-4-11(2,7-13)10(16)12-3/h4-7H2,1-3H3,(H,12,16). The van der Waals surface area contributed by atoms with Crippen molar-refractivity contribution >= 4 is 17.6 Å².